The molecule has 5 nitrogen and oxygen atoms in total. The molecule has 3 aromatic rings. The molecule has 0 bridgehead atoms. The monoisotopic (exact) mass is 379 g/mol. The van der Waals surface area contributed by atoms with Crippen LogP contribution in [0.4, 0.5) is 0 Å². The van der Waals surface area contributed by atoms with Gasteiger partial charge in [0.25, 0.3) is 0 Å². The molecule has 27 heavy (non-hydrogen) atoms. The lowest BCUT2D eigenvalue weighted by molar-refractivity contribution is -0.148. The lowest BCUT2D eigenvalue weighted by Gasteiger charge is -2.21. The molecule has 0 amide bonds. The fourth-order valence-electron chi connectivity index (χ4n) is 3.28. The molecule has 0 radical (unpaired) electrons. The number of aliphatic imine (C=N–C) groups is 1. The Hall–Kier alpha value is -2.60. The van der Waals surface area contributed by atoms with Gasteiger partial charge in [0.05, 0.1) is 11.7 Å². The number of H-pyrrole nitrogens is 1. The first kappa shape index (κ1) is 17.8. The number of aromatic nitrogens is 2. The van der Waals surface area contributed by atoms with Crippen molar-refractivity contribution in [3.63, 3.8) is 0 Å². The van der Waals surface area contributed by atoms with Gasteiger partial charge in [-0.05, 0) is 30.7 Å². The third-order valence-electron chi connectivity index (χ3n) is 4.63. The summed E-state index contributed by atoms with van der Waals surface area (Å²) < 4.78 is 5.36. The Morgan fingerprint density at radius 3 is 2.81 bits per heavy atom. The number of fused-ring (bicyclic) bond motifs is 1. The average molecular weight is 379 g/mol. The topological polar surface area (TPSA) is 67.3 Å². The molecular formula is C21H21N3O2S. The molecule has 1 unspecified atom stereocenters. The molecule has 0 saturated carbocycles. The van der Waals surface area contributed by atoms with E-state index in [4.69, 9.17) is 9.73 Å². The van der Waals surface area contributed by atoms with E-state index >= 15 is 0 Å². The largest absolute Gasteiger partial charge is 0.464 e. The SMILES string of the molecule is CCOC(=O)C1(Cc2ncc(C)[nH]2)CSC(c2ccc3ccccc3c2)=N1. The van der Waals surface area contributed by atoms with Gasteiger partial charge in [0, 0.05) is 29.6 Å². The van der Waals surface area contributed by atoms with E-state index in [0.29, 0.717) is 18.8 Å². The molecule has 1 N–H and O–H groups in total. The summed E-state index contributed by atoms with van der Waals surface area (Å²) in [5.74, 6) is 1.01. The number of carbonyl (C=O) groups is 1. The van der Waals surface area contributed by atoms with Crippen LogP contribution in [0, 0.1) is 6.92 Å². The number of esters is 1. The lowest BCUT2D eigenvalue weighted by Crippen LogP contribution is -2.41. The molecule has 1 atom stereocenters. The number of rotatable bonds is 5. The van der Waals surface area contributed by atoms with Crippen LogP contribution in [-0.2, 0) is 16.0 Å². The number of nitrogens with zero attached hydrogens (tertiary/aromatic N) is 2. The highest BCUT2D eigenvalue weighted by Crippen LogP contribution is 2.35. The van der Waals surface area contributed by atoms with E-state index in [-0.39, 0.29) is 5.97 Å². The van der Waals surface area contributed by atoms with E-state index < -0.39 is 5.54 Å². The molecular weight excluding hydrogens is 358 g/mol. The van der Waals surface area contributed by atoms with E-state index in [0.717, 1.165) is 27.5 Å². The summed E-state index contributed by atoms with van der Waals surface area (Å²) in [5, 5.41) is 3.22. The Balaban J connectivity index is 1.71. The van der Waals surface area contributed by atoms with Crippen molar-refractivity contribution in [2.45, 2.75) is 25.8 Å². The predicted octanol–water partition coefficient (Wildman–Crippen LogP) is 3.91. The highest BCUT2D eigenvalue weighted by atomic mass is 32.2. The van der Waals surface area contributed by atoms with Gasteiger partial charge in [-0.1, -0.05) is 36.4 Å². The van der Waals surface area contributed by atoms with Crippen LogP contribution in [0.3, 0.4) is 0 Å². The maximum absolute atomic E-state index is 12.8. The van der Waals surface area contributed by atoms with Gasteiger partial charge in [0.2, 0.25) is 0 Å². The number of hydrogen-bond acceptors (Lipinski definition) is 5. The lowest BCUT2D eigenvalue weighted by atomic mass is 9.98. The smallest absolute Gasteiger partial charge is 0.335 e. The van der Waals surface area contributed by atoms with Gasteiger partial charge >= 0.3 is 5.97 Å². The van der Waals surface area contributed by atoms with Crippen LogP contribution in [0.15, 0.2) is 53.7 Å². The van der Waals surface area contributed by atoms with E-state index in [1.54, 1.807) is 18.0 Å². The van der Waals surface area contributed by atoms with Crippen LogP contribution in [0.5, 0.6) is 0 Å². The molecule has 4 rings (SSSR count). The second-order valence-corrected chi connectivity index (χ2v) is 7.67. The average Bonchev–Trinajstić information content (AvgIpc) is 3.29. The summed E-state index contributed by atoms with van der Waals surface area (Å²) in [5.41, 5.74) is 1.06. The van der Waals surface area contributed by atoms with Crippen molar-refractivity contribution in [1.82, 2.24) is 9.97 Å². The Morgan fingerprint density at radius 2 is 2.07 bits per heavy atom. The van der Waals surface area contributed by atoms with Crippen molar-refractivity contribution >= 4 is 33.5 Å². The summed E-state index contributed by atoms with van der Waals surface area (Å²) in [6.07, 6.45) is 2.17. The molecule has 6 heteroatoms. The van der Waals surface area contributed by atoms with E-state index in [9.17, 15) is 4.79 Å². The normalized spacial score (nSPS) is 19.3. The van der Waals surface area contributed by atoms with E-state index in [2.05, 4.69) is 40.3 Å². The van der Waals surface area contributed by atoms with Gasteiger partial charge in [-0.15, -0.1) is 11.8 Å². The van der Waals surface area contributed by atoms with Gasteiger partial charge in [0.1, 0.15) is 5.82 Å². The Morgan fingerprint density at radius 1 is 1.26 bits per heavy atom. The summed E-state index contributed by atoms with van der Waals surface area (Å²) in [7, 11) is 0. The zero-order valence-electron chi connectivity index (χ0n) is 15.4. The van der Waals surface area contributed by atoms with Gasteiger partial charge in [0.15, 0.2) is 5.54 Å². The van der Waals surface area contributed by atoms with Crippen LogP contribution >= 0.6 is 11.8 Å². The zero-order valence-corrected chi connectivity index (χ0v) is 16.2. The van der Waals surface area contributed by atoms with Crippen molar-refractivity contribution in [3.8, 4) is 0 Å². The molecule has 2 aromatic carbocycles. The fourth-order valence-corrected chi connectivity index (χ4v) is 4.48. The first-order valence-corrected chi connectivity index (χ1v) is 9.98. The molecule has 0 spiro atoms. The van der Waals surface area contributed by atoms with Crippen molar-refractivity contribution in [1.29, 1.82) is 0 Å². The number of benzene rings is 2. The third-order valence-corrected chi connectivity index (χ3v) is 5.85. The number of aromatic amines is 1. The minimum Gasteiger partial charge on any atom is -0.464 e. The molecule has 0 saturated heterocycles. The second kappa shape index (κ2) is 7.19. The number of ether oxygens (including phenoxy) is 1. The number of thioether (sulfide) groups is 1. The van der Waals surface area contributed by atoms with Gasteiger partial charge in [-0.2, -0.15) is 0 Å². The van der Waals surface area contributed by atoms with Crippen LogP contribution in [0.2, 0.25) is 0 Å². The molecule has 2 heterocycles. The maximum atomic E-state index is 12.8. The standard InChI is InChI=1S/C21H21N3O2S/c1-3-26-20(25)21(11-18-22-12-14(2)23-18)13-27-19(24-21)17-9-8-15-6-4-5-7-16(15)10-17/h4-10,12H,3,11,13H2,1-2H3,(H,22,23). The van der Waals surface area contributed by atoms with Crippen molar-refractivity contribution in [2.24, 2.45) is 4.99 Å². The Kier molecular flexibility index (Phi) is 4.74. The minimum atomic E-state index is -0.939. The van der Waals surface area contributed by atoms with Crippen molar-refractivity contribution < 1.29 is 9.53 Å². The summed E-state index contributed by atoms with van der Waals surface area (Å²) in [6.45, 7) is 4.10. The zero-order chi connectivity index (χ0) is 18.9. The Bertz CT molecular complexity index is 1030. The molecule has 1 aliphatic rings. The molecule has 0 fully saturated rings. The summed E-state index contributed by atoms with van der Waals surface area (Å²) >= 11 is 1.60. The van der Waals surface area contributed by atoms with E-state index in [1.807, 2.05) is 26.0 Å². The molecule has 0 aliphatic carbocycles. The van der Waals surface area contributed by atoms with E-state index in [1.165, 1.54) is 5.39 Å². The highest BCUT2D eigenvalue weighted by Gasteiger charge is 2.45. The summed E-state index contributed by atoms with van der Waals surface area (Å²) in [4.78, 5) is 25.2. The number of imidazole rings is 1. The fraction of sp³-hybridized carbons (Fsp3) is 0.286. The number of nitrogens with one attached hydrogen (secondary N) is 1. The van der Waals surface area contributed by atoms with Crippen molar-refractivity contribution in [3.05, 3.63) is 65.7 Å². The number of aryl methyl sites for hydroxylation is 1. The molecule has 138 valence electrons. The van der Waals surface area contributed by atoms with Gasteiger partial charge in [-0.3, -0.25) is 4.99 Å². The molecule has 1 aliphatic heterocycles. The second-order valence-electron chi connectivity index (χ2n) is 6.71. The van der Waals surface area contributed by atoms with Crippen LogP contribution in [-0.4, -0.2) is 38.9 Å². The molecule has 1 aromatic heterocycles. The van der Waals surface area contributed by atoms with Gasteiger partial charge < -0.3 is 9.72 Å². The van der Waals surface area contributed by atoms with Crippen LogP contribution < -0.4 is 0 Å². The third kappa shape index (κ3) is 3.49. The van der Waals surface area contributed by atoms with Gasteiger partial charge in [-0.25, -0.2) is 9.78 Å². The first-order valence-electron chi connectivity index (χ1n) is 8.99. The highest BCUT2D eigenvalue weighted by molar-refractivity contribution is 8.14. The Labute approximate surface area is 162 Å². The predicted molar refractivity (Wildman–Crippen MR) is 109 cm³/mol. The maximum Gasteiger partial charge on any atom is 0.335 e. The number of carbonyl (C=O) groups excluding carboxylic acids is 1. The van der Waals surface area contributed by atoms with Crippen LogP contribution in [0.25, 0.3) is 10.8 Å². The number of hydrogen-bond donors (Lipinski definition) is 1. The van der Waals surface area contributed by atoms with Crippen molar-refractivity contribution in [2.75, 3.05) is 12.4 Å². The minimum absolute atomic E-state index is 0.289. The summed E-state index contributed by atoms with van der Waals surface area (Å²) in [6, 6.07) is 14.5. The quantitative estimate of drug-likeness (QED) is 0.683. The van der Waals surface area contributed by atoms with Crippen LogP contribution in [0.1, 0.15) is 24.0 Å². The first-order chi connectivity index (χ1) is 13.1.